The van der Waals surface area contributed by atoms with Crippen LogP contribution in [0.4, 0.5) is 5.69 Å². The molecule has 0 unspecified atom stereocenters. The largest absolute Gasteiger partial charge is 0.371 e. The lowest BCUT2D eigenvalue weighted by Crippen LogP contribution is -2.22. The van der Waals surface area contributed by atoms with Crippen molar-refractivity contribution in [3.8, 4) is 0 Å². The van der Waals surface area contributed by atoms with E-state index in [4.69, 9.17) is 11.6 Å². The molecule has 1 nitrogen and oxygen atoms in total. The van der Waals surface area contributed by atoms with Crippen molar-refractivity contribution in [2.24, 2.45) is 0 Å². The van der Waals surface area contributed by atoms with Crippen LogP contribution in [0.15, 0.2) is 18.2 Å². The molecule has 0 amide bonds. The van der Waals surface area contributed by atoms with Gasteiger partial charge in [-0.05, 0) is 44.4 Å². The smallest absolute Gasteiger partial charge is 0.0639 e. The van der Waals surface area contributed by atoms with Gasteiger partial charge in [-0.2, -0.15) is 0 Å². The van der Waals surface area contributed by atoms with Crippen LogP contribution in [0.5, 0.6) is 0 Å². The predicted octanol–water partition coefficient (Wildman–Crippen LogP) is 3.95. The van der Waals surface area contributed by atoms with E-state index in [-0.39, 0.29) is 0 Å². The summed E-state index contributed by atoms with van der Waals surface area (Å²) in [4.78, 5) is 2.28. The zero-order valence-corrected chi connectivity index (χ0v) is 10.5. The molecule has 0 aliphatic heterocycles. The summed E-state index contributed by atoms with van der Waals surface area (Å²) in [5.74, 6) is 0. The molecule has 83 valence electrons. The lowest BCUT2D eigenvalue weighted by atomic mass is 10.1. The first-order chi connectivity index (χ1) is 7.22. The number of hydrogen-bond acceptors (Lipinski definition) is 1. The van der Waals surface area contributed by atoms with Crippen molar-refractivity contribution in [2.45, 2.75) is 27.2 Å². The van der Waals surface area contributed by atoms with Gasteiger partial charge in [0.2, 0.25) is 0 Å². The second-order valence-corrected chi connectivity index (χ2v) is 3.98. The molecule has 1 aromatic carbocycles. The van der Waals surface area contributed by atoms with Gasteiger partial charge >= 0.3 is 0 Å². The molecule has 1 aromatic rings. The Labute approximate surface area is 98.0 Å². The van der Waals surface area contributed by atoms with Gasteiger partial charge in [-0.1, -0.05) is 24.6 Å². The lowest BCUT2D eigenvalue weighted by molar-refractivity contribution is 0.865. The third-order valence-electron chi connectivity index (χ3n) is 2.55. The summed E-state index contributed by atoms with van der Waals surface area (Å²) in [5.41, 5.74) is 2.48. The summed E-state index contributed by atoms with van der Waals surface area (Å²) in [5, 5.41) is 0.846. The van der Waals surface area contributed by atoms with Gasteiger partial charge in [-0.15, -0.1) is 0 Å². The Kier molecular flexibility index (Phi) is 4.97. The molecule has 0 saturated carbocycles. The normalized spacial score (nSPS) is 10.4. The van der Waals surface area contributed by atoms with Gasteiger partial charge in [0.05, 0.1) is 10.7 Å². The Bertz CT molecular complexity index is 305. The van der Waals surface area contributed by atoms with Gasteiger partial charge in [-0.3, -0.25) is 0 Å². The summed E-state index contributed by atoms with van der Waals surface area (Å²) in [7, 11) is 0. The summed E-state index contributed by atoms with van der Waals surface area (Å²) in [6.45, 7) is 8.37. The van der Waals surface area contributed by atoms with Crippen LogP contribution in [0, 0.1) is 6.42 Å². The summed E-state index contributed by atoms with van der Waals surface area (Å²) >= 11 is 6.20. The van der Waals surface area contributed by atoms with Gasteiger partial charge < -0.3 is 4.90 Å². The molecule has 0 aliphatic carbocycles. The second kappa shape index (κ2) is 6.02. The molecule has 0 bridgehead atoms. The molecule has 1 radical (unpaired) electrons. The number of benzene rings is 1. The van der Waals surface area contributed by atoms with Crippen molar-refractivity contribution >= 4 is 17.3 Å². The van der Waals surface area contributed by atoms with Crippen LogP contribution in [-0.4, -0.2) is 13.1 Å². The topological polar surface area (TPSA) is 3.24 Å². The van der Waals surface area contributed by atoms with Crippen LogP contribution in [0.2, 0.25) is 5.02 Å². The van der Waals surface area contributed by atoms with E-state index in [9.17, 15) is 0 Å². The highest BCUT2D eigenvalue weighted by Crippen LogP contribution is 2.27. The highest BCUT2D eigenvalue weighted by molar-refractivity contribution is 6.33. The third kappa shape index (κ3) is 3.13. The number of hydrogen-bond donors (Lipinski definition) is 0. The molecule has 0 heterocycles. The summed E-state index contributed by atoms with van der Waals surface area (Å²) in [6.07, 6.45) is 3.17. The van der Waals surface area contributed by atoms with Gasteiger partial charge in [0.25, 0.3) is 0 Å². The van der Waals surface area contributed by atoms with E-state index in [0.29, 0.717) is 0 Å². The van der Waals surface area contributed by atoms with Crippen molar-refractivity contribution < 1.29 is 0 Å². The minimum atomic E-state index is 0.846. The molecule has 0 atom stereocenters. The maximum absolute atomic E-state index is 6.20. The monoisotopic (exact) mass is 224 g/mol. The summed E-state index contributed by atoms with van der Waals surface area (Å²) < 4.78 is 0. The van der Waals surface area contributed by atoms with E-state index in [1.807, 2.05) is 6.07 Å². The molecule has 0 fully saturated rings. The Balaban J connectivity index is 2.98. The molecular weight excluding hydrogens is 206 g/mol. The second-order valence-electron chi connectivity index (χ2n) is 3.57. The molecule has 1 rings (SSSR count). The van der Waals surface area contributed by atoms with Crippen LogP contribution in [0.25, 0.3) is 0 Å². The van der Waals surface area contributed by atoms with Crippen LogP contribution in [-0.2, 0) is 6.42 Å². The highest BCUT2D eigenvalue weighted by atomic mass is 35.5. The van der Waals surface area contributed by atoms with E-state index < -0.39 is 0 Å². The first-order valence-corrected chi connectivity index (χ1v) is 5.91. The Morgan fingerprint density at radius 3 is 2.47 bits per heavy atom. The Morgan fingerprint density at radius 1 is 1.27 bits per heavy atom. The van der Waals surface area contributed by atoms with Crippen molar-refractivity contribution in [3.63, 3.8) is 0 Å². The SMILES string of the molecule is C[CH]Cc1ccc(Cl)c(N(CC)CC)c1. The van der Waals surface area contributed by atoms with Crippen molar-refractivity contribution in [3.05, 3.63) is 35.2 Å². The number of anilines is 1. The third-order valence-corrected chi connectivity index (χ3v) is 2.87. The van der Waals surface area contributed by atoms with Crippen molar-refractivity contribution in [2.75, 3.05) is 18.0 Å². The van der Waals surface area contributed by atoms with Gasteiger partial charge in [0, 0.05) is 13.1 Å². The molecule has 0 aliphatic rings. The van der Waals surface area contributed by atoms with E-state index >= 15 is 0 Å². The first-order valence-electron chi connectivity index (χ1n) is 5.54. The zero-order chi connectivity index (χ0) is 11.3. The lowest BCUT2D eigenvalue weighted by Gasteiger charge is -2.23. The molecule has 0 aromatic heterocycles. The Hall–Kier alpha value is -0.690. The van der Waals surface area contributed by atoms with E-state index in [0.717, 1.165) is 30.2 Å². The molecular formula is C13H19ClN. The van der Waals surface area contributed by atoms with Gasteiger partial charge in [0.15, 0.2) is 0 Å². The van der Waals surface area contributed by atoms with Crippen LogP contribution in [0.3, 0.4) is 0 Å². The van der Waals surface area contributed by atoms with Crippen molar-refractivity contribution in [1.82, 2.24) is 0 Å². The van der Waals surface area contributed by atoms with E-state index in [1.165, 1.54) is 5.56 Å². The average molecular weight is 225 g/mol. The quantitative estimate of drug-likeness (QED) is 0.732. The summed E-state index contributed by atoms with van der Waals surface area (Å²) in [6, 6.07) is 6.28. The van der Waals surface area contributed by atoms with Gasteiger partial charge in [-0.25, -0.2) is 0 Å². The molecule has 0 saturated heterocycles. The molecule has 0 N–H and O–H groups in total. The number of halogens is 1. The zero-order valence-electron chi connectivity index (χ0n) is 9.76. The van der Waals surface area contributed by atoms with Crippen molar-refractivity contribution in [1.29, 1.82) is 0 Å². The maximum atomic E-state index is 6.20. The average Bonchev–Trinajstić information content (AvgIpc) is 2.24. The first kappa shape index (κ1) is 12.4. The number of nitrogens with zero attached hydrogens (tertiary/aromatic N) is 1. The van der Waals surface area contributed by atoms with E-state index in [1.54, 1.807) is 0 Å². The fourth-order valence-corrected chi connectivity index (χ4v) is 1.96. The Morgan fingerprint density at radius 2 is 1.93 bits per heavy atom. The van der Waals surface area contributed by atoms with Crippen LogP contribution in [0.1, 0.15) is 26.3 Å². The highest BCUT2D eigenvalue weighted by Gasteiger charge is 2.07. The minimum absolute atomic E-state index is 0.846. The van der Waals surface area contributed by atoms with E-state index in [2.05, 4.69) is 44.2 Å². The van der Waals surface area contributed by atoms with Crippen LogP contribution < -0.4 is 4.90 Å². The standard InChI is InChI=1S/C13H19ClN/c1-4-7-11-8-9-12(14)13(10-11)15(5-2)6-3/h4,8-10H,5-7H2,1-3H3. The molecule has 2 heteroatoms. The minimum Gasteiger partial charge on any atom is -0.371 e. The number of rotatable bonds is 5. The predicted molar refractivity (Wildman–Crippen MR) is 68.7 cm³/mol. The maximum Gasteiger partial charge on any atom is 0.0639 e. The molecule has 15 heavy (non-hydrogen) atoms. The fourth-order valence-electron chi connectivity index (χ4n) is 1.73. The van der Waals surface area contributed by atoms with Gasteiger partial charge in [0.1, 0.15) is 0 Å². The molecule has 0 spiro atoms. The fraction of sp³-hybridized carbons (Fsp3) is 0.462. The van der Waals surface area contributed by atoms with Crippen LogP contribution >= 0.6 is 11.6 Å².